The Hall–Kier alpha value is -3.22. The Balaban J connectivity index is 1.44. The molecule has 2 N–H and O–H groups in total. The summed E-state index contributed by atoms with van der Waals surface area (Å²) in [5.74, 6) is 2.39. The van der Waals surface area contributed by atoms with E-state index in [1.54, 1.807) is 19.0 Å². The van der Waals surface area contributed by atoms with Gasteiger partial charge in [0, 0.05) is 32.5 Å². The minimum absolute atomic E-state index is 0.0286. The van der Waals surface area contributed by atoms with Crippen LogP contribution in [0.5, 0.6) is 11.5 Å². The molecular weight excluding hydrogens is 380 g/mol. The molecule has 2 heterocycles. The van der Waals surface area contributed by atoms with Gasteiger partial charge >= 0.3 is 0 Å². The van der Waals surface area contributed by atoms with Crippen LogP contribution in [0.1, 0.15) is 23.6 Å². The molecule has 0 fully saturated rings. The fraction of sp³-hybridized carbons (Fsp3) is 0.391. The van der Waals surface area contributed by atoms with Crippen molar-refractivity contribution >= 4 is 11.9 Å². The van der Waals surface area contributed by atoms with Gasteiger partial charge < -0.3 is 25.0 Å². The third-order valence-electron chi connectivity index (χ3n) is 5.35. The molecule has 2 aliphatic heterocycles. The van der Waals surface area contributed by atoms with Crippen LogP contribution < -0.4 is 20.1 Å². The first-order valence-electron chi connectivity index (χ1n) is 10.3. The summed E-state index contributed by atoms with van der Waals surface area (Å²) in [6, 6.07) is 16.2. The first-order chi connectivity index (χ1) is 14.6. The van der Waals surface area contributed by atoms with Crippen molar-refractivity contribution < 1.29 is 14.3 Å². The predicted octanol–water partition coefficient (Wildman–Crippen LogP) is 2.14. The highest BCUT2D eigenvalue weighted by Gasteiger charge is 2.25. The van der Waals surface area contributed by atoms with Crippen molar-refractivity contribution in [3.8, 4) is 11.5 Å². The average Bonchev–Trinajstić information content (AvgIpc) is 3.18. The van der Waals surface area contributed by atoms with Crippen molar-refractivity contribution in [1.82, 2.24) is 15.5 Å². The predicted molar refractivity (Wildman–Crippen MR) is 116 cm³/mol. The number of guanidine groups is 1. The van der Waals surface area contributed by atoms with Crippen LogP contribution in [0.3, 0.4) is 0 Å². The highest BCUT2D eigenvalue weighted by Crippen LogP contribution is 2.31. The number of nitrogens with zero attached hydrogens (tertiary/aromatic N) is 2. The number of ether oxygens (including phenoxy) is 2. The highest BCUT2D eigenvalue weighted by atomic mass is 16.5. The minimum atomic E-state index is -0.0481. The standard InChI is InChI=1S/C23H28N4O3/c1-27(2)22(28)15-25-23(24-14-17-13-16-7-3-5-9-20(16)30-17)26-19-11-12-29-21-10-6-4-8-18(19)21/h3-10,17,19H,11-15H2,1-2H3,(H2,24,25,26). The molecule has 7 heteroatoms. The Morgan fingerprint density at radius 2 is 1.90 bits per heavy atom. The molecule has 0 saturated carbocycles. The quantitative estimate of drug-likeness (QED) is 0.586. The van der Waals surface area contributed by atoms with E-state index in [-0.39, 0.29) is 24.6 Å². The summed E-state index contributed by atoms with van der Waals surface area (Å²) in [6.45, 7) is 1.32. The molecule has 2 aliphatic rings. The SMILES string of the molecule is CN(C)C(=O)CN=C(NCC1Cc2ccccc2O1)NC1CCOc2ccccc21. The van der Waals surface area contributed by atoms with E-state index in [0.29, 0.717) is 19.1 Å². The number of aliphatic imine (C=N–C) groups is 1. The molecule has 2 aromatic carbocycles. The van der Waals surface area contributed by atoms with Crippen molar-refractivity contribution in [2.24, 2.45) is 4.99 Å². The lowest BCUT2D eigenvalue weighted by Crippen LogP contribution is -2.45. The summed E-state index contributed by atoms with van der Waals surface area (Å²) in [5.41, 5.74) is 2.32. The van der Waals surface area contributed by atoms with Crippen molar-refractivity contribution in [1.29, 1.82) is 0 Å². The Labute approximate surface area is 177 Å². The molecule has 2 aromatic rings. The van der Waals surface area contributed by atoms with Crippen molar-refractivity contribution in [3.05, 3.63) is 59.7 Å². The fourth-order valence-electron chi connectivity index (χ4n) is 3.68. The number of hydrogen-bond donors (Lipinski definition) is 2. The van der Waals surface area contributed by atoms with E-state index < -0.39 is 0 Å². The third-order valence-corrected chi connectivity index (χ3v) is 5.35. The van der Waals surface area contributed by atoms with E-state index >= 15 is 0 Å². The van der Waals surface area contributed by atoms with E-state index in [0.717, 1.165) is 29.9 Å². The normalized spacial score (nSPS) is 19.7. The van der Waals surface area contributed by atoms with Crippen LogP contribution in [0.4, 0.5) is 0 Å². The van der Waals surface area contributed by atoms with E-state index in [2.05, 4.69) is 27.8 Å². The monoisotopic (exact) mass is 408 g/mol. The van der Waals surface area contributed by atoms with Gasteiger partial charge in [0.2, 0.25) is 5.91 Å². The molecule has 30 heavy (non-hydrogen) atoms. The van der Waals surface area contributed by atoms with Gasteiger partial charge in [0.1, 0.15) is 24.1 Å². The second-order valence-electron chi connectivity index (χ2n) is 7.76. The number of carbonyl (C=O) groups excluding carboxylic acids is 1. The second-order valence-corrected chi connectivity index (χ2v) is 7.76. The van der Waals surface area contributed by atoms with Crippen LogP contribution in [-0.4, -0.2) is 56.7 Å². The molecule has 0 aliphatic carbocycles. The number of fused-ring (bicyclic) bond motifs is 2. The number of likely N-dealkylation sites (N-methyl/N-ethyl adjacent to an activating group) is 1. The van der Waals surface area contributed by atoms with Gasteiger partial charge in [0.15, 0.2) is 5.96 Å². The lowest BCUT2D eigenvalue weighted by atomic mass is 10.0. The molecule has 0 aromatic heterocycles. The van der Waals surface area contributed by atoms with Gasteiger partial charge in [0.25, 0.3) is 0 Å². The smallest absolute Gasteiger partial charge is 0.243 e. The molecule has 0 saturated heterocycles. The largest absolute Gasteiger partial charge is 0.493 e. The molecule has 0 radical (unpaired) electrons. The molecule has 4 rings (SSSR count). The van der Waals surface area contributed by atoms with Crippen LogP contribution in [0.2, 0.25) is 0 Å². The van der Waals surface area contributed by atoms with Gasteiger partial charge in [-0.1, -0.05) is 36.4 Å². The van der Waals surface area contributed by atoms with Crippen molar-refractivity contribution in [3.63, 3.8) is 0 Å². The van der Waals surface area contributed by atoms with Crippen LogP contribution in [-0.2, 0) is 11.2 Å². The zero-order valence-corrected chi connectivity index (χ0v) is 17.4. The molecule has 158 valence electrons. The minimum Gasteiger partial charge on any atom is -0.493 e. The lowest BCUT2D eigenvalue weighted by Gasteiger charge is -2.28. The first-order valence-corrected chi connectivity index (χ1v) is 10.3. The zero-order valence-electron chi connectivity index (χ0n) is 17.4. The number of hydrogen-bond acceptors (Lipinski definition) is 4. The molecule has 0 spiro atoms. The Morgan fingerprint density at radius 3 is 2.70 bits per heavy atom. The summed E-state index contributed by atoms with van der Waals surface area (Å²) >= 11 is 0. The van der Waals surface area contributed by atoms with Gasteiger partial charge in [-0.05, 0) is 17.7 Å². The van der Waals surface area contributed by atoms with Crippen LogP contribution in [0.15, 0.2) is 53.5 Å². The van der Waals surface area contributed by atoms with E-state index in [4.69, 9.17) is 9.47 Å². The Morgan fingerprint density at radius 1 is 1.13 bits per heavy atom. The van der Waals surface area contributed by atoms with Crippen molar-refractivity contribution in [2.75, 3.05) is 33.8 Å². The van der Waals surface area contributed by atoms with Crippen molar-refractivity contribution in [2.45, 2.75) is 25.0 Å². The van der Waals surface area contributed by atoms with Gasteiger partial charge in [-0.2, -0.15) is 0 Å². The number of benzene rings is 2. The maximum absolute atomic E-state index is 12.1. The first kappa shape index (κ1) is 20.1. The van der Waals surface area contributed by atoms with E-state index in [9.17, 15) is 4.79 Å². The summed E-state index contributed by atoms with van der Waals surface area (Å²) < 4.78 is 11.8. The molecule has 0 bridgehead atoms. The van der Waals surface area contributed by atoms with E-state index in [1.165, 1.54) is 5.56 Å². The molecule has 2 atom stereocenters. The Kier molecular flexibility index (Phi) is 6.07. The Bertz CT molecular complexity index is 903. The third kappa shape index (κ3) is 4.67. The van der Waals surface area contributed by atoms with Crippen LogP contribution in [0.25, 0.3) is 0 Å². The number of para-hydroxylation sites is 2. The fourth-order valence-corrected chi connectivity index (χ4v) is 3.68. The topological polar surface area (TPSA) is 75.2 Å². The zero-order chi connectivity index (χ0) is 20.9. The number of carbonyl (C=O) groups is 1. The average molecular weight is 409 g/mol. The van der Waals surface area contributed by atoms with Gasteiger partial charge in [-0.25, -0.2) is 4.99 Å². The molecule has 1 amide bonds. The summed E-state index contributed by atoms with van der Waals surface area (Å²) in [7, 11) is 3.47. The summed E-state index contributed by atoms with van der Waals surface area (Å²) in [4.78, 5) is 18.1. The molecule has 2 unspecified atom stereocenters. The maximum Gasteiger partial charge on any atom is 0.243 e. The lowest BCUT2D eigenvalue weighted by molar-refractivity contribution is -0.127. The summed E-state index contributed by atoms with van der Waals surface area (Å²) in [6.07, 6.45) is 1.71. The van der Waals surface area contributed by atoms with E-state index in [1.807, 2.05) is 36.4 Å². The van der Waals surface area contributed by atoms with Gasteiger partial charge in [-0.3, -0.25) is 4.79 Å². The van der Waals surface area contributed by atoms with Gasteiger partial charge in [-0.15, -0.1) is 0 Å². The molecule has 7 nitrogen and oxygen atoms in total. The number of amides is 1. The highest BCUT2D eigenvalue weighted by molar-refractivity contribution is 5.85. The molecular formula is C23H28N4O3. The van der Waals surface area contributed by atoms with Gasteiger partial charge in [0.05, 0.1) is 19.2 Å². The number of nitrogens with one attached hydrogen (secondary N) is 2. The number of rotatable bonds is 5. The summed E-state index contributed by atoms with van der Waals surface area (Å²) in [5, 5.41) is 6.86. The second kappa shape index (κ2) is 9.07. The van der Waals surface area contributed by atoms with Crippen LogP contribution in [0, 0.1) is 0 Å². The maximum atomic E-state index is 12.1. The van der Waals surface area contributed by atoms with Crippen LogP contribution >= 0.6 is 0 Å².